The molecule has 11 heteroatoms. The van der Waals surface area contributed by atoms with Gasteiger partial charge in [-0.1, -0.05) is 25.1 Å². The molecule has 1 aliphatic heterocycles. The lowest BCUT2D eigenvalue weighted by Gasteiger charge is -2.15. The SMILES string of the molecule is CCCCN1C(=O)CS/C1=N\Nc1nc2c(c(=O)n(C)c(=O)n2C)n1C. The van der Waals surface area contributed by atoms with Gasteiger partial charge in [0.1, 0.15) is 0 Å². The van der Waals surface area contributed by atoms with Crippen LogP contribution in [0.5, 0.6) is 0 Å². The summed E-state index contributed by atoms with van der Waals surface area (Å²) in [5, 5.41) is 4.87. The fraction of sp³-hybridized carbons (Fsp3) is 0.533. The van der Waals surface area contributed by atoms with Crippen molar-refractivity contribution in [1.82, 2.24) is 23.6 Å². The molecule has 0 saturated carbocycles. The number of rotatable bonds is 5. The minimum absolute atomic E-state index is 0.0327. The monoisotopic (exact) mass is 379 g/mol. The van der Waals surface area contributed by atoms with Crippen LogP contribution in [-0.2, 0) is 25.9 Å². The molecule has 1 aliphatic rings. The predicted molar refractivity (Wildman–Crippen MR) is 101 cm³/mol. The van der Waals surface area contributed by atoms with E-state index in [2.05, 4.69) is 22.4 Å². The van der Waals surface area contributed by atoms with E-state index < -0.39 is 11.2 Å². The van der Waals surface area contributed by atoms with Gasteiger partial charge in [0.2, 0.25) is 11.9 Å². The summed E-state index contributed by atoms with van der Waals surface area (Å²) in [5.41, 5.74) is 2.54. The van der Waals surface area contributed by atoms with Crippen molar-refractivity contribution >= 4 is 39.9 Å². The Balaban J connectivity index is 1.97. The molecule has 140 valence electrons. The number of hydrogen-bond acceptors (Lipinski definition) is 7. The number of thioether (sulfide) groups is 1. The van der Waals surface area contributed by atoms with Gasteiger partial charge < -0.3 is 4.57 Å². The van der Waals surface area contributed by atoms with E-state index in [-0.39, 0.29) is 11.6 Å². The topological polar surface area (TPSA) is 107 Å². The van der Waals surface area contributed by atoms with Crippen LogP contribution in [0.3, 0.4) is 0 Å². The smallest absolute Gasteiger partial charge is 0.306 e. The zero-order chi connectivity index (χ0) is 19.0. The van der Waals surface area contributed by atoms with E-state index in [1.807, 2.05) is 0 Å². The van der Waals surface area contributed by atoms with Gasteiger partial charge in [0.05, 0.1) is 5.75 Å². The van der Waals surface area contributed by atoms with Gasteiger partial charge in [-0.2, -0.15) is 4.98 Å². The fourth-order valence-corrected chi connectivity index (χ4v) is 3.60. The zero-order valence-corrected chi connectivity index (χ0v) is 16.0. The highest BCUT2D eigenvalue weighted by molar-refractivity contribution is 8.15. The molecule has 26 heavy (non-hydrogen) atoms. The van der Waals surface area contributed by atoms with Crippen molar-refractivity contribution in [1.29, 1.82) is 0 Å². The van der Waals surface area contributed by atoms with Gasteiger partial charge in [-0.3, -0.25) is 23.6 Å². The number of carbonyl (C=O) groups excluding carboxylic acids is 1. The molecule has 1 amide bonds. The molecule has 2 aromatic rings. The van der Waals surface area contributed by atoms with Gasteiger partial charge >= 0.3 is 5.69 Å². The summed E-state index contributed by atoms with van der Waals surface area (Å²) in [7, 11) is 4.66. The average molecular weight is 379 g/mol. The summed E-state index contributed by atoms with van der Waals surface area (Å²) < 4.78 is 3.91. The van der Waals surface area contributed by atoms with E-state index in [1.165, 1.54) is 23.4 Å². The molecule has 0 aromatic carbocycles. The normalized spacial score (nSPS) is 16.2. The van der Waals surface area contributed by atoms with Crippen LogP contribution in [0.25, 0.3) is 11.2 Å². The van der Waals surface area contributed by atoms with Crippen LogP contribution in [0.1, 0.15) is 19.8 Å². The molecule has 10 nitrogen and oxygen atoms in total. The van der Waals surface area contributed by atoms with Crippen LogP contribution in [0.15, 0.2) is 14.7 Å². The largest absolute Gasteiger partial charge is 0.332 e. The van der Waals surface area contributed by atoms with Crippen LogP contribution in [0, 0.1) is 0 Å². The van der Waals surface area contributed by atoms with Crippen molar-refractivity contribution in [3.8, 4) is 0 Å². The first kappa shape index (κ1) is 18.2. The fourth-order valence-electron chi connectivity index (χ4n) is 2.73. The Morgan fingerprint density at radius 3 is 2.58 bits per heavy atom. The van der Waals surface area contributed by atoms with Crippen molar-refractivity contribution in [3.63, 3.8) is 0 Å². The average Bonchev–Trinajstić information content (AvgIpc) is 3.14. The zero-order valence-electron chi connectivity index (χ0n) is 15.1. The van der Waals surface area contributed by atoms with E-state index in [4.69, 9.17) is 0 Å². The molecule has 0 atom stereocenters. The molecule has 0 aliphatic carbocycles. The lowest BCUT2D eigenvalue weighted by molar-refractivity contribution is -0.124. The maximum absolute atomic E-state index is 12.4. The van der Waals surface area contributed by atoms with Crippen molar-refractivity contribution in [3.05, 3.63) is 20.8 Å². The van der Waals surface area contributed by atoms with E-state index in [0.29, 0.717) is 28.9 Å². The van der Waals surface area contributed by atoms with Gasteiger partial charge in [-0.15, -0.1) is 5.10 Å². The van der Waals surface area contributed by atoms with Gasteiger partial charge in [-0.25, -0.2) is 10.2 Å². The lowest BCUT2D eigenvalue weighted by Crippen LogP contribution is -2.37. The molecular formula is C15H21N7O3S. The first-order valence-electron chi connectivity index (χ1n) is 8.26. The highest BCUT2D eigenvalue weighted by Crippen LogP contribution is 2.21. The second kappa shape index (κ2) is 6.98. The summed E-state index contributed by atoms with van der Waals surface area (Å²) in [6, 6.07) is 0. The number of fused-ring (bicyclic) bond motifs is 1. The molecule has 0 spiro atoms. The van der Waals surface area contributed by atoms with Crippen molar-refractivity contribution in [2.24, 2.45) is 26.2 Å². The number of amides is 1. The summed E-state index contributed by atoms with van der Waals surface area (Å²) in [6.45, 7) is 2.69. The van der Waals surface area contributed by atoms with Gasteiger partial charge in [0, 0.05) is 27.7 Å². The quantitative estimate of drug-likeness (QED) is 0.735. The van der Waals surface area contributed by atoms with Gasteiger partial charge in [0.25, 0.3) is 5.56 Å². The summed E-state index contributed by atoms with van der Waals surface area (Å²) >= 11 is 1.36. The van der Waals surface area contributed by atoms with E-state index in [0.717, 1.165) is 17.4 Å². The Morgan fingerprint density at radius 2 is 1.88 bits per heavy atom. The Bertz CT molecular complexity index is 1020. The second-order valence-corrected chi connectivity index (χ2v) is 7.01. The van der Waals surface area contributed by atoms with Crippen molar-refractivity contribution in [2.75, 3.05) is 17.7 Å². The third-order valence-electron chi connectivity index (χ3n) is 4.32. The molecule has 0 radical (unpaired) electrons. The number of amidine groups is 1. The molecule has 3 heterocycles. The number of unbranched alkanes of at least 4 members (excludes halogenated alkanes) is 1. The number of carbonyl (C=O) groups is 1. The minimum Gasteiger partial charge on any atom is -0.306 e. The number of hydrogen-bond donors (Lipinski definition) is 1. The first-order chi connectivity index (χ1) is 12.4. The molecule has 1 fully saturated rings. The number of aromatic nitrogens is 4. The Hall–Kier alpha value is -2.56. The van der Waals surface area contributed by atoms with Gasteiger partial charge in [0.15, 0.2) is 16.3 Å². The standard InChI is InChI=1S/C15H21N7O3S/c1-5-6-7-22-9(23)8-26-14(22)18-17-13-16-11-10(19(13)2)12(24)21(4)15(25)20(11)3/h5-8H2,1-4H3,(H,16,17)/b18-14-. The molecule has 2 aromatic heterocycles. The molecule has 0 unspecified atom stereocenters. The molecule has 1 N–H and O–H groups in total. The summed E-state index contributed by atoms with van der Waals surface area (Å²) in [4.78, 5) is 42.4. The number of nitrogens with zero attached hydrogens (tertiary/aromatic N) is 6. The van der Waals surface area contributed by atoms with E-state index in [1.54, 1.807) is 23.6 Å². The molecule has 1 saturated heterocycles. The molecular weight excluding hydrogens is 358 g/mol. The second-order valence-electron chi connectivity index (χ2n) is 6.07. The number of imidazole rings is 1. The predicted octanol–water partition coefficient (Wildman–Crippen LogP) is 0.0291. The Labute approximate surface area is 153 Å². The minimum atomic E-state index is -0.443. The maximum atomic E-state index is 12.4. The third-order valence-corrected chi connectivity index (χ3v) is 5.28. The summed E-state index contributed by atoms with van der Waals surface area (Å²) in [5.74, 6) is 0.716. The van der Waals surface area contributed by atoms with Crippen LogP contribution in [0.4, 0.5) is 5.95 Å². The number of anilines is 1. The van der Waals surface area contributed by atoms with E-state index in [9.17, 15) is 14.4 Å². The molecule has 3 rings (SSSR count). The number of aryl methyl sites for hydroxylation is 2. The number of nitrogens with one attached hydrogen (secondary N) is 1. The third kappa shape index (κ3) is 2.91. The first-order valence-corrected chi connectivity index (χ1v) is 9.24. The maximum Gasteiger partial charge on any atom is 0.332 e. The Kier molecular flexibility index (Phi) is 4.90. The van der Waals surface area contributed by atoms with E-state index >= 15 is 0 Å². The Morgan fingerprint density at radius 1 is 1.15 bits per heavy atom. The number of hydrazone groups is 1. The van der Waals surface area contributed by atoms with Crippen LogP contribution in [0.2, 0.25) is 0 Å². The van der Waals surface area contributed by atoms with Crippen LogP contribution >= 0.6 is 11.8 Å². The van der Waals surface area contributed by atoms with Crippen LogP contribution < -0.4 is 16.7 Å². The van der Waals surface area contributed by atoms with Gasteiger partial charge in [-0.05, 0) is 6.42 Å². The molecule has 0 bridgehead atoms. The van der Waals surface area contributed by atoms with Crippen molar-refractivity contribution in [2.45, 2.75) is 19.8 Å². The van der Waals surface area contributed by atoms with Crippen LogP contribution in [-0.4, -0.2) is 47.0 Å². The van der Waals surface area contributed by atoms with Crippen molar-refractivity contribution < 1.29 is 4.79 Å². The lowest BCUT2D eigenvalue weighted by atomic mass is 10.3. The highest BCUT2D eigenvalue weighted by atomic mass is 32.2. The highest BCUT2D eigenvalue weighted by Gasteiger charge is 2.28. The summed E-state index contributed by atoms with van der Waals surface area (Å²) in [6.07, 6.45) is 1.88.